The third-order valence-electron chi connectivity index (χ3n) is 1.19. The second-order valence-corrected chi connectivity index (χ2v) is 3.35. The monoisotopic (exact) mass is 238 g/mol. The summed E-state index contributed by atoms with van der Waals surface area (Å²) in [6, 6.07) is 0. The van der Waals surface area contributed by atoms with Gasteiger partial charge >= 0.3 is 17.1 Å². The highest BCUT2D eigenvalue weighted by atomic mass is 32.2. The van der Waals surface area contributed by atoms with E-state index in [9.17, 15) is 26.6 Å². The Labute approximate surface area is 78.8 Å². The van der Waals surface area contributed by atoms with Gasteiger partial charge in [0.1, 0.15) is 0 Å². The molecule has 9 heteroatoms. The van der Waals surface area contributed by atoms with Crippen LogP contribution >= 0.6 is 0 Å². The predicted octanol–water partition coefficient (Wildman–Crippen LogP) is 0.698. The highest BCUT2D eigenvalue weighted by Crippen LogP contribution is 2.38. The predicted molar refractivity (Wildman–Crippen MR) is 37.1 cm³/mol. The SMILES string of the molecule is COC(=O)C(F)(S(=O)OC)C(F)(F)F. The van der Waals surface area contributed by atoms with Gasteiger partial charge in [-0.3, -0.25) is 4.18 Å². The molecule has 0 radical (unpaired) electrons. The van der Waals surface area contributed by atoms with Crippen LogP contribution < -0.4 is 0 Å². The van der Waals surface area contributed by atoms with Gasteiger partial charge < -0.3 is 4.74 Å². The Hall–Kier alpha value is -0.700. The topological polar surface area (TPSA) is 52.6 Å². The van der Waals surface area contributed by atoms with Gasteiger partial charge in [-0.15, -0.1) is 0 Å². The maximum atomic E-state index is 13.1. The van der Waals surface area contributed by atoms with Crippen LogP contribution in [-0.4, -0.2) is 35.6 Å². The van der Waals surface area contributed by atoms with Crippen molar-refractivity contribution in [3.05, 3.63) is 0 Å². The second-order valence-electron chi connectivity index (χ2n) is 1.99. The second kappa shape index (κ2) is 4.22. The maximum Gasteiger partial charge on any atom is 0.448 e. The average molecular weight is 238 g/mol. The lowest BCUT2D eigenvalue weighted by molar-refractivity contribution is -0.212. The number of alkyl halides is 4. The molecule has 0 fully saturated rings. The molecule has 0 aliphatic carbocycles. The molecule has 0 aliphatic heterocycles. The van der Waals surface area contributed by atoms with Crippen molar-refractivity contribution in [3.8, 4) is 0 Å². The average Bonchev–Trinajstić information content (AvgIpc) is 2.12. The van der Waals surface area contributed by atoms with Crippen LogP contribution in [0.15, 0.2) is 0 Å². The molecule has 84 valence electrons. The lowest BCUT2D eigenvalue weighted by Crippen LogP contribution is -2.52. The summed E-state index contributed by atoms with van der Waals surface area (Å²) >= 11 is -3.50. The van der Waals surface area contributed by atoms with E-state index in [-0.39, 0.29) is 0 Å². The number of carbonyl (C=O) groups excluding carboxylic acids is 1. The van der Waals surface area contributed by atoms with Crippen LogP contribution in [0.1, 0.15) is 0 Å². The first-order valence-corrected chi connectivity index (χ1v) is 4.09. The number of hydrogen-bond donors (Lipinski definition) is 0. The van der Waals surface area contributed by atoms with Crippen molar-refractivity contribution in [1.82, 2.24) is 0 Å². The molecule has 14 heavy (non-hydrogen) atoms. The summed E-state index contributed by atoms with van der Waals surface area (Å²) in [5.41, 5.74) is 0. The molecule has 0 heterocycles. The Morgan fingerprint density at radius 1 is 1.21 bits per heavy atom. The summed E-state index contributed by atoms with van der Waals surface area (Å²) in [5, 5.41) is -4.66. The normalized spacial score (nSPS) is 18.4. The van der Waals surface area contributed by atoms with Crippen molar-refractivity contribution in [1.29, 1.82) is 0 Å². The van der Waals surface area contributed by atoms with E-state index in [4.69, 9.17) is 0 Å². The molecule has 2 atom stereocenters. The molecule has 0 aromatic rings. The van der Waals surface area contributed by atoms with Crippen molar-refractivity contribution in [2.24, 2.45) is 0 Å². The fourth-order valence-corrected chi connectivity index (χ4v) is 1.16. The van der Waals surface area contributed by atoms with Gasteiger partial charge in [0.15, 0.2) is 0 Å². The summed E-state index contributed by atoms with van der Waals surface area (Å²) < 4.78 is 66.9. The summed E-state index contributed by atoms with van der Waals surface area (Å²) in [7, 11) is 1.11. The van der Waals surface area contributed by atoms with Gasteiger partial charge in [0.25, 0.3) is 0 Å². The fraction of sp³-hybridized carbons (Fsp3) is 0.800. The van der Waals surface area contributed by atoms with Crippen LogP contribution in [-0.2, 0) is 24.8 Å². The van der Waals surface area contributed by atoms with Crippen molar-refractivity contribution >= 4 is 17.0 Å². The van der Waals surface area contributed by atoms with Crippen LogP contribution in [0.3, 0.4) is 0 Å². The number of rotatable bonds is 3. The lowest BCUT2D eigenvalue weighted by Gasteiger charge is -2.22. The zero-order valence-electron chi connectivity index (χ0n) is 7.05. The van der Waals surface area contributed by atoms with E-state index in [2.05, 4.69) is 8.92 Å². The summed E-state index contributed by atoms with van der Waals surface area (Å²) in [5.74, 6) is -2.31. The minimum atomic E-state index is -5.67. The molecule has 0 aliphatic rings. The number of halogens is 4. The molecule has 0 saturated carbocycles. The number of esters is 1. The Morgan fingerprint density at radius 3 is 1.86 bits per heavy atom. The largest absolute Gasteiger partial charge is 0.466 e. The standard InChI is InChI=1S/C5H6F4O4S/c1-12-3(10)4(6,5(7,8)9)14(11)13-2/h1-2H3. The molecule has 2 unspecified atom stereocenters. The smallest absolute Gasteiger partial charge is 0.448 e. The number of ether oxygens (including phenoxy) is 1. The number of hydrogen-bond acceptors (Lipinski definition) is 4. The molecule has 0 amide bonds. The summed E-state index contributed by atoms with van der Waals surface area (Å²) in [6.07, 6.45) is -5.67. The van der Waals surface area contributed by atoms with Crippen LogP contribution in [0.5, 0.6) is 0 Å². The van der Waals surface area contributed by atoms with Gasteiger partial charge in [-0.2, -0.15) is 13.2 Å². The third kappa shape index (κ3) is 2.03. The fourth-order valence-electron chi connectivity index (χ4n) is 0.524. The molecule has 0 aromatic carbocycles. The van der Waals surface area contributed by atoms with Gasteiger partial charge in [-0.1, -0.05) is 0 Å². The van der Waals surface area contributed by atoms with Crippen LogP contribution in [0, 0.1) is 0 Å². The Balaban J connectivity index is 5.27. The minimum Gasteiger partial charge on any atom is -0.466 e. The Morgan fingerprint density at radius 2 is 1.64 bits per heavy atom. The molecule has 0 rings (SSSR count). The Kier molecular flexibility index (Phi) is 4.01. The Bertz CT molecular complexity index is 235. The van der Waals surface area contributed by atoms with Crippen LogP contribution in [0.2, 0.25) is 0 Å². The molecule has 4 nitrogen and oxygen atoms in total. The van der Waals surface area contributed by atoms with E-state index in [1.807, 2.05) is 0 Å². The van der Waals surface area contributed by atoms with Gasteiger partial charge in [0.05, 0.1) is 14.2 Å². The molecular formula is C5H6F4O4S. The zero-order valence-corrected chi connectivity index (χ0v) is 7.87. The van der Waals surface area contributed by atoms with E-state index in [1.54, 1.807) is 0 Å². The van der Waals surface area contributed by atoms with Gasteiger partial charge in [0.2, 0.25) is 11.1 Å². The molecular weight excluding hydrogens is 232 g/mol. The number of carbonyl (C=O) groups is 1. The highest BCUT2D eigenvalue weighted by molar-refractivity contribution is 7.82. The van der Waals surface area contributed by atoms with Crippen molar-refractivity contribution in [2.75, 3.05) is 14.2 Å². The van der Waals surface area contributed by atoms with Crippen molar-refractivity contribution < 1.29 is 35.5 Å². The molecule has 0 bridgehead atoms. The molecule has 0 N–H and O–H groups in total. The van der Waals surface area contributed by atoms with Gasteiger partial charge in [-0.05, 0) is 0 Å². The summed E-state index contributed by atoms with van der Waals surface area (Å²) in [4.78, 5) is 10.5. The van der Waals surface area contributed by atoms with Gasteiger partial charge in [0, 0.05) is 0 Å². The van der Waals surface area contributed by atoms with Crippen molar-refractivity contribution in [3.63, 3.8) is 0 Å². The van der Waals surface area contributed by atoms with E-state index < -0.39 is 28.2 Å². The van der Waals surface area contributed by atoms with Crippen molar-refractivity contribution in [2.45, 2.75) is 11.2 Å². The first-order valence-electron chi connectivity index (χ1n) is 3.02. The number of methoxy groups -OCH3 is 1. The van der Waals surface area contributed by atoms with E-state index in [1.165, 1.54) is 0 Å². The maximum absolute atomic E-state index is 13.1. The lowest BCUT2D eigenvalue weighted by atomic mass is 10.4. The van der Waals surface area contributed by atoms with Crippen LogP contribution in [0.25, 0.3) is 0 Å². The van der Waals surface area contributed by atoms with E-state index in [0.29, 0.717) is 14.2 Å². The first-order chi connectivity index (χ1) is 6.21. The zero-order chi connectivity index (χ0) is 11.6. The quantitative estimate of drug-likeness (QED) is 0.536. The first kappa shape index (κ1) is 13.3. The molecule has 0 aromatic heterocycles. The highest BCUT2D eigenvalue weighted by Gasteiger charge is 2.69. The minimum absolute atomic E-state index is 0.537. The van der Waals surface area contributed by atoms with Gasteiger partial charge in [-0.25, -0.2) is 13.4 Å². The van der Waals surface area contributed by atoms with E-state index in [0.717, 1.165) is 0 Å². The molecule has 0 saturated heterocycles. The third-order valence-corrected chi connectivity index (χ3v) is 2.35. The summed E-state index contributed by atoms with van der Waals surface area (Å²) in [6.45, 7) is 0. The van der Waals surface area contributed by atoms with Crippen LogP contribution in [0.4, 0.5) is 17.6 Å². The molecule has 0 spiro atoms. The van der Waals surface area contributed by atoms with E-state index >= 15 is 0 Å².